The topological polar surface area (TPSA) is 410 Å². The fraction of sp³-hybridized carbons (Fsp3) is 0.446. The number of halogens is 1. The molecule has 1 aromatic heterocycles. The van der Waals surface area contributed by atoms with Crippen molar-refractivity contribution in [1.29, 1.82) is 0 Å². The van der Waals surface area contributed by atoms with Crippen LogP contribution in [0.1, 0.15) is 118 Å². The molecule has 1 aliphatic heterocycles. The van der Waals surface area contributed by atoms with E-state index in [1.54, 1.807) is 61.7 Å². The number of guanidine groups is 1. The van der Waals surface area contributed by atoms with Crippen molar-refractivity contribution in [3.63, 3.8) is 0 Å². The van der Waals surface area contributed by atoms with E-state index in [0.717, 1.165) is 27.8 Å². The number of alkyl carbamates (subject to hydrolysis) is 1. The third kappa shape index (κ3) is 24.0. The molecule has 5 aromatic rings. The lowest BCUT2D eigenvalue weighted by Gasteiger charge is -2.31. The minimum absolute atomic E-state index is 0.0261. The number of aryl methyl sites for hydroxylation is 1. The Kier molecular flexibility index (Phi) is 30.6. The Morgan fingerprint density at radius 2 is 1.10 bits per heavy atom. The fourth-order valence-electron chi connectivity index (χ4n) is 12.4. The number of nitrogens with one attached hydrogen (secondary N) is 11. The van der Waals surface area contributed by atoms with E-state index >= 15 is 4.79 Å². The van der Waals surface area contributed by atoms with E-state index in [1.807, 2.05) is 81.4 Å². The average molecular weight is 1440 g/mol. The zero-order valence-corrected chi connectivity index (χ0v) is 60.0. The van der Waals surface area contributed by atoms with E-state index in [1.165, 1.54) is 32.1 Å². The molecule has 2 aliphatic rings. The molecule has 1 saturated heterocycles. The number of urea groups is 1. The number of nitrogens with two attached hydrogens (primary N) is 2. The standard InChI is InChI=1S/C74H97ClN16O12/c1-8-55(84-67(96)60(40-48-17-13-33-80-41-48)89-69(98)61(39-47-29-31-49(75)32-30-47)90-74(102)103-42-54-52-20-11-9-18-50(52)51-19-10-12-21-53(51)54)64(93)88-59(38-46-27-25-44(4)26-28-46)68(97)85-56(22-14-35-82-73(77)101)65(94)87-58(37-43(2)3)66(95)86-57(23-15-34-81-72(76)79-7)71(100)91-36-16-24-62(91)70(99)83-45(5)63(92)78-6/h9-13,17-21,25-33,41,43,45,54-62H,8,14-16,22-24,34-40,42H2,1-7H3,(H,78,92)(H,83,99)(H,84,96)(H,85,97)(H,86,95)(H,87,94)(H,88,93)(H,89,98)(H,90,102)(H3,76,79,81)(H3,77,82,101)/t45-,55+,56-,57+,58+,59+,60-,61-,62-/m1/s1. The maximum Gasteiger partial charge on any atom is 0.407 e. The zero-order valence-electron chi connectivity index (χ0n) is 59.3. The van der Waals surface area contributed by atoms with Crippen molar-refractivity contribution in [1.82, 2.24) is 68.4 Å². The first-order chi connectivity index (χ1) is 49.4. The number of likely N-dealkylation sites (tertiary alicyclic amines) is 1. The van der Waals surface area contributed by atoms with E-state index in [0.29, 0.717) is 34.6 Å². The number of pyridine rings is 1. The maximum atomic E-state index is 15.0. The number of amides is 12. The quantitative estimate of drug-likeness (QED) is 0.0155. The molecule has 7 rings (SSSR count). The molecule has 0 radical (unpaired) electrons. The molecule has 12 amide bonds. The van der Waals surface area contributed by atoms with Gasteiger partial charge in [0.05, 0.1) is 0 Å². The summed E-state index contributed by atoms with van der Waals surface area (Å²) >= 11 is 6.25. The van der Waals surface area contributed by atoms with Gasteiger partial charge in [0.15, 0.2) is 5.96 Å². The minimum Gasteiger partial charge on any atom is -0.449 e. The number of carbonyl (C=O) groups is 11. The number of rotatable bonds is 36. The van der Waals surface area contributed by atoms with Crippen LogP contribution in [0.2, 0.25) is 5.02 Å². The Morgan fingerprint density at radius 3 is 1.66 bits per heavy atom. The van der Waals surface area contributed by atoms with Crippen LogP contribution in [0.4, 0.5) is 9.59 Å². The SMILES string of the molecule is CC[C@H](NC(=O)[C@@H](Cc1cccnc1)NC(=O)[C@@H](Cc1ccc(Cl)cc1)NC(=O)OCC1c2ccccc2-c2ccccc21)C(=O)N[C@@H](Cc1ccc(C)cc1)C(=O)N[C@H](CCCNC(N)=O)C(=O)N[C@@H](CC(C)C)C(=O)N[C@@H](CCCNC(N)=NC)C(=O)N1CCC[C@@H]1C(=O)N[C@H](C)C(=O)NC. The van der Waals surface area contributed by atoms with Crippen LogP contribution >= 0.6 is 11.6 Å². The van der Waals surface area contributed by atoms with Gasteiger partial charge in [-0.1, -0.05) is 129 Å². The van der Waals surface area contributed by atoms with Crippen molar-refractivity contribution in [3.05, 3.63) is 160 Å². The first kappa shape index (κ1) is 79.7. The average Bonchev–Trinajstić information content (AvgIpc) is 1.62. The smallest absolute Gasteiger partial charge is 0.407 e. The summed E-state index contributed by atoms with van der Waals surface area (Å²) in [5.74, 6) is -6.73. The lowest BCUT2D eigenvalue weighted by atomic mass is 9.98. The van der Waals surface area contributed by atoms with E-state index in [-0.39, 0.29) is 102 Å². The van der Waals surface area contributed by atoms with Crippen LogP contribution in [0.3, 0.4) is 0 Å². The van der Waals surface area contributed by atoms with E-state index < -0.39 is 120 Å². The molecule has 552 valence electrons. The molecule has 4 aromatic carbocycles. The monoisotopic (exact) mass is 1440 g/mol. The van der Waals surface area contributed by atoms with Crippen molar-refractivity contribution >= 4 is 82.8 Å². The zero-order chi connectivity index (χ0) is 74.7. The highest BCUT2D eigenvalue weighted by Crippen LogP contribution is 2.44. The molecular weight excluding hydrogens is 1340 g/mol. The van der Waals surface area contributed by atoms with E-state index in [9.17, 15) is 47.9 Å². The van der Waals surface area contributed by atoms with Gasteiger partial charge in [-0.05, 0) is 128 Å². The normalized spacial score (nSPS) is 15.5. The minimum atomic E-state index is -1.43. The van der Waals surface area contributed by atoms with Crippen LogP contribution in [0.25, 0.3) is 11.1 Å². The van der Waals surface area contributed by atoms with Gasteiger partial charge in [0.2, 0.25) is 53.2 Å². The Hall–Kier alpha value is -10.6. The van der Waals surface area contributed by atoms with Crippen molar-refractivity contribution in [2.24, 2.45) is 22.4 Å². The molecule has 2 heterocycles. The summed E-state index contributed by atoms with van der Waals surface area (Å²) in [6, 6.07) is 20.8. The molecule has 103 heavy (non-hydrogen) atoms. The lowest BCUT2D eigenvalue weighted by molar-refractivity contribution is -0.142. The predicted octanol–water partition coefficient (Wildman–Crippen LogP) is 3.35. The van der Waals surface area contributed by atoms with Gasteiger partial charge in [-0.3, -0.25) is 53.1 Å². The van der Waals surface area contributed by atoms with E-state index in [4.69, 9.17) is 27.8 Å². The third-order valence-corrected chi connectivity index (χ3v) is 18.2. The number of primary amides is 1. The van der Waals surface area contributed by atoms with E-state index in [2.05, 4.69) is 68.5 Å². The van der Waals surface area contributed by atoms with Crippen LogP contribution in [0.5, 0.6) is 0 Å². The number of likely N-dealkylation sites (N-methyl/N-ethyl adjacent to an activating group) is 1. The summed E-state index contributed by atoms with van der Waals surface area (Å²) in [5, 5.41) is 30.6. The summed E-state index contributed by atoms with van der Waals surface area (Å²) in [5.41, 5.74) is 17.9. The Balaban J connectivity index is 1.10. The third-order valence-electron chi connectivity index (χ3n) is 17.9. The number of ether oxygens (including phenoxy) is 1. The molecule has 0 spiro atoms. The summed E-state index contributed by atoms with van der Waals surface area (Å²) in [7, 11) is 2.93. The van der Waals surface area contributed by atoms with Gasteiger partial charge in [0.25, 0.3) is 0 Å². The van der Waals surface area contributed by atoms with Crippen molar-refractivity contribution in [2.75, 3.05) is 40.3 Å². The molecule has 1 fully saturated rings. The van der Waals surface area contributed by atoms with Crippen molar-refractivity contribution < 1.29 is 57.5 Å². The lowest BCUT2D eigenvalue weighted by Crippen LogP contribution is -2.61. The van der Waals surface area contributed by atoms with Gasteiger partial charge in [-0.25, -0.2) is 9.59 Å². The highest BCUT2D eigenvalue weighted by molar-refractivity contribution is 6.30. The first-order valence-corrected chi connectivity index (χ1v) is 35.2. The molecule has 29 heteroatoms. The number of aliphatic imine (C=N–C) groups is 1. The second-order valence-electron chi connectivity index (χ2n) is 26.2. The van der Waals surface area contributed by atoms with Crippen LogP contribution in [-0.4, -0.2) is 176 Å². The highest BCUT2D eigenvalue weighted by atomic mass is 35.5. The van der Waals surface area contributed by atoms with Crippen LogP contribution in [-0.2, 0) is 67.2 Å². The molecular formula is C74H97ClN16O12. The largest absolute Gasteiger partial charge is 0.449 e. The molecule has 28 nitrogen and oxygen atoms in total. The van der Waals surface area contributed by atoms with Gasteiger partial charge in [0, 0.05) is 76.3 Å². The van der Waals surface area contributed by atoms with Crippen molar-refractivity contribution in [3.8, 4) is 11.1 Å². The van der Waals surface area contributed by atoms with Crippen LogP contribution in [0, 0.1) is 12.8 Å². The Bertz CT molecular complexity index is 3740. The Morgan fingerprint density at radius 1 is 0.592 bits per heavy atom. The highest BCUT2D eigenvalue weighted by Gasteiger charge is 2.41. The summed E-state index contributed by atoms with van der Waals surface area (Å²) in [6.07, 6.45) is 2.93. The number of benzene rings is 4. The number of hydrogen-bond donors (Lipinski definition) is 13. The summed E-state index contributed by atoms with van der Waals surface area (Å²) < 4.78 is 5.88. The van der Waals surface area contributed by atoms with Crippen molar-refractivity contribution in [2.45, 2.75) is 166 Å². The van der Waals surface area contributed by atoms with Gasteiger partial charge < -0.3 is 79.6 Å². The summed E-state index contributed by atoms with van der Waals surface area (Å²) in [4.78, 5) is 165. The second kappa shape index (κ2) is 39.5. The van der Waals surface area contributed by atoms with Gasteiger partial charge in [-0.2, -0.15) is 0 Å². The number of aromatic nitrogens is 1. The van der Waals surface area contributed by atoms with Gasteiger partial charge in [0.1, 0.15) is 61.0 Å². The molecule has 0 saturated carbocycles. The number of carbonyl (C=O) groups excluding carboxylic acids is 11. The fourth-order valence-corrected chi connectivity index (χ4v) is 12.5. The number of nitrogens with zero attached hydrogens (tertiary/aromatic N) is 3. The van der Waals surface area contributed by atoms with Crippen LogP contribution in [0.15, 0.2) is 127 Å². The molecule has 15 N–H and O–H groups in total. The molecule has 1 aliphatic carbocycles. The van der Waals surface area contributed by atoms with Gasteiger partial charge in [-0.15, -0.1) is 0 Å². The van der Waals surface area contributed by atoms with Crippen LogP contribution < -0.4 is 70.0 Å². The molecule has 9 atom stereocenters. The maximum absolute atomic E-state index is 15.0. The molecule has 0 unspecified atom stereocenters. The number of hydrogen-bond acceptors (Lipinski definition) is 14. The second-order valence-corrected chi connectivity index (χ2v) is 26.6. The summed E-state index contributed by atoms with van der Waals surface area (Å²) in [6.45, 7) is 9.01. The van der Waals surface area contributed by atoms with Gasteiger partial charge >= 0.3 is 12.1 Å². The predicted molar refractivity (Wildman–Crippen MR) is 389 cm³/mol. The molecule has 0 bridgehead atoms. The number of fused-ring (bicyclic) bond motifs is 3. The Labute approximate surface area is 605 Å². The first-order valence-electron chi connectivity index (χ1n) is 34.8.